The van der Waals surface area contributed by atoms with Crippen molar-refractivity contribution in [3.63, 3.8) is 0 Å². The summed E-state index contributed by atoms with van der Waals surface area (Å²) in [6.07, 6.45) is 9.31. The Labute approximate surface area is 202 Å². The topological polar surface area (TPSA) is 78.5 Å². The number of amides is 2. The maximum absolute atomic E-state index is 15.6. The Morgan fingerprint density at radius 3 is 2.53 bits per heavy atom. The highest BCUT2D eigenvalue weighted by molar-refractivity contribution is 5.98. The van der Waals surface area contributed by atoms with E-state index in [-0.39, 0.29) is 29.1 Å². The van der Waals surface area contributed by atoms with Gasteiger partial charge in [-0.05, 0) is 56.1 Å². The van der Waals surface area contributed by atoms with Crippen LogP contribution in [0.4, 0.5) is 4.39 Å². The highest BCUT2D eigenvalue weighted by Gasteiger charge is 2.32. The van der Waals surface area contributed by atoms with Crippen LogP contribution >= 0.6 is 0 Å². The second-order valence-electron chi connectivity index (χ2n) is 10.2. The molecule has 0 radical (unpaired) electrons. The zero-order chi connectivity index (χ0) is 24.1. The van der Waals surface area contributed by atoms with Crippen molar-refractivity contribution in [1.82, 2.24) is 15.5 Å². The van der Waals surface area contributed by atoms with Crippen LogP contribution in [-0.4, -0.2) is 54.2 Å². The third kappa shape index (κ3) is 6.04. The van der Waals surface area contributed by atoms with E-state index in [0.29, 0.717) is 37.7 Å². The number of likely N-dealkylation sites (tertiary alicyclic amines) is 1. The maximum atomic E-state index is 15.6. The third-order valence-electron chi connectivity index (χ3n) is 7.71. The van der Waals surface area contributed by atoms with Gasteiger partial charge < -0.3 is 15.5 Å². The van der Waals surface area contributed by atoms with Crippen molar-refractivity contribution >= 4 is 17.6 Å². The fraction of sp³-hybridized carbons (Fsp3) is 0.667. The molecule has 186 valence electrons. The average Bonchev–Trinajstić information content (AvgIpc) is 3.70. The lowest BCUT2D eigenvalue weighted by Gasteiger charge is -2.33. The van der Waals surface area contributed by atoms with Gasteiger partial charge in [0, 0.05) is 31.5 Å². The number of rotatable bonds is 9. The van der Waals surface area contributed by atoms with Crippen molar-refractivity contribution in [1.29, 1.82) is 0 Å². The molecule has 2 N–H and O–H groups in total. The molecule has 0 aromatic heterocycles. The van der Waals surface area contributed by atoms with E-state index in [1.807, 2.05) is 11.8 Å². The first-order valence-electron chi connectivity index (χ1n) is 13.1. The van der Waals surface area contributed by atoms with E-state index in [4.69, 9.17) is 0 Å². The van der Waals surface area contributed by atoms with Gasteiger partial charge in [0.15, 0.2) is 5.78 Å². The number of ketones is 1. The monoisotopic (exact) mass is 471 g/mol. The Morgan fingerprint density at radius 2 is 1.82 bits per heavy atom. The molecule has 1 saturated heterocycles. The van der Waals surface area contributed by atoms with Crippen molar-refractivity contribution in [2.24, 2.45) is 5.92 Å². The van der Waals surface area contributed by atoms with Crippen LogP contribution in [0, 0.1) is 11.7 Å². The lowest BCUT2D eigenvalue weighted by Crippen LogP contribution is -2.46. The molecule has 3 fully saturated rings. The van der Waals surface area contributed by atoms with E-state index in [9.17, 15) is 14.4 Å². The summed E-state index contributed by atoms with van der Waals surface area (Å²) < 4.78 is 15.6. The quantitative estimate of drug-likeness (QED) is 0.572. The second kappa shape index (κ2) is 11.4. The lowest BCUT2D eigenvalue weighted by atomic mass is 9.81. The highest BCUT2D eigenvalue weighted by Crippen LogP contribution is 2.31. The molecule has 1 aromatic carbocycles. The highest BCUT2D eigenvalue weighted by atomic mass is 19.1. The third-order valence-corrected chi connectivity index (χ3v) is 7.71. The number of carbonyl (C=O) groups is 3. The number of hydrogen-bond donors (Lipinski definition) is 2. The Morgan fingerprint density at radius 1 is 1.06 bits per heavy atom. The van der Waals surface area contributed by atoms with Crippen LogP contribution in [0.1, 0.15) is 93.0 Å². The molecule has 0 bridgehead atoms. The van der Waals surface area contributed by atoms with Crippen LogP contribution in [0.5, 0.6) is 0 Å². The van der Waals surface area contributed by atoms with Crippen molar-refractivity contribution < 1.29 is 18.8 Å². The summed E-state index contributed by atoms with van der Waals surface area (Å²) in [7, 11) is 0. The van der Waals surface area contributed by atoms with Crippen molar-refractivity contribution in [3.05, 3.63) is 35.1 Å². The summed E-state index contributed by atoms with van der Waals surface area (Å²) in [5.74, 6) is -0.996. The van der Waals surface area contributed by atoms with Gasteiger partial charge in [0.2, 0.25) is 5.91 Å². The van der Waals surface area contributed by atoms with Crippen molar-refractivity contribution in [3.8, 4) is 0 Å². The van der Waals surface area contributed by atoms with E-state index in [0.717, 1.165) is 57.8 Å². The maximum Gasteiger partial charge on any atom is 0.254 e. The molecule has 2 saturated carbocycles. The Bertz CT molecular complexity index is 895. The minimum absolute atomic E-state index is 0.0121. The molecular weight excluding hydrogens is 433 g/mol. The van der Waals surface area contributed by atoms with E-state index in [2.05, 4.69) is 10.6 Å². The zero-order valence-corrected chi connectivity index (χ0v) is 20.3. The molecule has 2 amide bonds. The number of benzene rings is 1. The van der Waals surface area contributed by atoms with Crippen LogP contribution in [0.15, 0.2) is 18.2 Å². The van der Waals surface area contributed by atoms with Crippen LogP contribution < -0.4 is 10.6 Å². The average molecular weight is 472 g/mol. The Balaban J connectivity index is 1.45. The Hall–Kier alpha value is -2.28. The fourth-order valence-corrected chi connectivity index (χ4v) is 5.50. The van der Waals surface area contributed by atoms with Gasteiger partial charge in [-0.3, -0.25) is 14.4 Å². The minimum atomic E-state index is -0.553. The number of Topliss-reactive ketones (excluding diaryl/α,β-unsaturated/α-hetero) is 1. The molecule has 0 spiro atoms. The molecule has 1 aliphatic heterocycles. The van der Waals surface area contributed by atoms with Crippen LogP contribution in [0.2, 0.25) is 0 Å². The molecule has 3 aliphatic rings. The molecule has 1 aromatic rings. The lowest BCUT2D eigenvalue weighted by molar-refractivity contribution is -0.131. The molecule has 34 heavy (non-hydrogen) atoms. The molecular formula is C27H38FN3O3. The molecule has 7 heteroatoms. The molecule has 2 atom stereocenters. The van der Waals surface area contributed by atoms with E-state index < -0.39 is 17.8 Å². The number of nitrogens with zero attached hydrogens (tertiary/aromatic N) is 1. The molecule has 4 rings (SSSR count). The molecule has 6 nitrogen and oxygen atoms in total. The number of halogens is 1. The summed E-state index contributed by atoms with van der Waals surface area (Å²) in [6, 6.07) is 4.84. The van der Waals surface area contributed by atoms with Gasteiger partial charge in [0.1, 0.15) is 5.82 Å². The normalized spacial score (nSPS) is 22.3. The van der Waals surface area contributed by atoms with Crippen molar-refractivity contribution in [2.45, 2.75) is 89.1 Å². The van der Waals surface area contributed by atoms with Gasteiger partial charge in [0.05, 0.1) is 18.2 Å². The van der Waals surface area contributed by atoms with Crippen LogP contribution in [-0.2, 0) is 9.59 Å². The summed E-state index contributed by atoms with van der Waals surface area (Å²) in [5, 5.41) is 6.14. The predicted molar refractivity (Wildman–Crippen MR) is 129 cm³/mol. The van der Waals surface area contributed by atoms with Gasteiger partial charge in [-0.2, -0.15) is 0 Å². The van der Waals surface area contributed by atoms with Gasteiger partial charge >= 0.3 is 0 Å². The summed E-state index contributed by atoms with van der Waals surface area (Å²) >= 11 is 0. The second-order valence-corrected chi connectivity index (χ2v) is 10.2. The zero-order valence-electron chi connectivity index (χ0n) is 20.3. The first-order valence-corrected chi connectivity index (χ1v) is 13.1. The van der Waals surface area contributed by atoms with Gasteiger partial charge in [-0.25, -0.2) is 4.39 Å². The smallest absolute Gasteiger partial charge is 0.254 e. The number of piperidine rings is 1. The van der Waals surface area contributed by atoms with E-state index in [1.54, 1.807) is 12.1 Å². The first-order chi connectivity index (χ1) is 16.5. The van der Waals surface area contributed by atoms with Crippen LogP contribution in [0.25, 0.3) is 0 Å². The minimum Gasteiger partial charge on any atom is -0.342 e. The predicted octanol–water partition coefficient (Wildman–Crippen LogP) is 3.94. The van der Waals surface area contributed by atoms with Crippen LogP contribution in [0.3, 0.4) is 0 Å². The molecule has 1 heterocycles. The Kier molecular flexibility index (Phi) is 8.35. The summed E-state index contributed by atoms with van der Waals surface area (Å²) in [6.45, 7) is 3.29. The van der Waals surface area contributed by atoms with Gasteiger partial charge in [-0.1, -0.05) is 38.3 Å². The van der Waals surface area contributed by atoms with E-state index >= 15 is 4.39 Å². The summed E-state index contributed by atoms with van der Waals surface area (Å²) in [4.78, 5) is 40.2. The van der Waals surface area contributed by atoms with E-state index in [1.165, 1.54) is 6.07 Å². The summed E-state index contributed by atoms with van der Waals surface area (Å²) in [5.41, 5.74) is 0.470. The van der Waals surface area contributed by atoms with Gasteiger partial charge in [0.25, 0.3) is 5.91 Å². The molecule has 1 unspecified atom stereocenters. The largest absolute Gasteiger partial charge is 0.342 e. The first kappa shape index (κ1) is 24.8. The van der Waals surface area contributed by atoms with Crippen molar-refractivity contribution in [2.75, 3.05) is 19.6 Å². The SMILES string of the molecule is CCC(=O)[C@H](NC(=O)c1cccc(C2CCCN(C(=O)CNC3CC3)C2)c1F)C1CCCCC1. The number of nitrogens with one attached hydrogen (secondary N) is 2. The standard InChI is InChI=1S/C27H38FN3O3/c1-2-23(32)26(18-8-4-3-5-9-18)30-27(34)22-12-6-11-21(25(22)28)19-10-7-15-31(17-19)24(33)16-29-20-13-14-20/h6,11-12,18-20,26,29H,2-5,7-10,13-17H2,1H3,(H,30,34)/t19?,26-/m1/s1. The van der Waals surface area contributed by atoms with Gasteiger partial charge in [-0.15, -0.1) is 0 Å². The molecule has 2 aliphatic carbocycles. The number of hydrogen-bond acceptors (Lipinski definition) is 4. The number of carbonyl (C=O) groups excluding carboxylic acids is 3. The fourth-order valence-electron chi connectivity index (χ4n) is 5.50.